The van der Waals surface area contributed by atoms with Crippen molar-refractivity contribution in [3.63, 3.8) is 0 Å². The number of nitro benzene ring substituents is 1. The second-order valence-corrected chi connectivity index (χ2v) is 6.08. The predicted molar refractivity (Wildman–Crippen MR) is 83.3 cm³/mol. The third-order valence-electron chi connectivity index (χ3n) is 2.64. The molecule has 132 valence electrons. The van der Waals surface area contributed by atoms with E-state index >= 15 is 0 Å². The molecule has 1 aromatic carbocycles. The molecule has 1 rings (SSSR count). The van der Waals surface area contributed by atoms with Crippen LogP contribution in [-0.4, -0.2) is 54.8 Å². The first-order valence-corrected chi connectivity index (χ1v) is 7.83. The van der Waals surface area contributed by atoms with Gasteiger partial charge in [-0.2, -0.15) is 0 Å². The Hall–Kier alpha value is -2.73. The summed E-state index contributed by atoms with van der Waals surface area (Å²) < 4.78 is 52.7. The van der Waals surface area contributed by atoms with Crippen molar-refractivity contribution in [1.29, 1.82) is 5.41 Å². The summed E-state index contributed by atoms with van der Waals surface area (Å²) in [6, 6.07) is 3.51. The van der Waals surface area contributed by atoms with E-state index in [1.807, 2.05) is 0 Å². The van der Waals surface area contributed by atoms with E-state index in [4.69, 9.17) is 15.3 Å². The Bertz CT molecular complexity index is 827. The number of nitrogens with two attached hydrogens (primary N) is 1. The van der Waals surface area contributed by atoms with Crippen LogP contribution in [0.4, 0.5) is 5.69 Å². The highest BCUT2D eigenvalue weighted by Gasteiger charge is 2.32. The Balaban J connectivity index is 3.48. The van der Waals surface area contributed by atoms with Crippen LogP contribution in [-0.2, 0) is 19.6 Å². The van der Waals surface area contributed by atoms with E-state index in [-0.39, 0.29) is 16.0 Å². The number of sulfonamides is 1. The molecule has 0 unspecified atom stereocenters. The lowest BCUT2D eigenvalue weighted by atomic mass is 10.3. The number of carbonyl (C=O) groups is 1. The Morgan fingerprint density at radius 3 is 2.46 bits per heavy atom. The van der Waals surface area contributed by atoms with Gasteiger partial charge in [-0.1, -0.05) is 4.41 Å². The molecule has 0 saturated carbocycles. The molecule has 0 bridgehead atoms. The molecule has 0 aromatic heterocycles. The Kier molecular flexibility index (Phi) is 4.76. The van der Waals surface area contributed by atoms with Crippen LogP contribution < -0.4 is 5.73 Å². The number of guanidine groups is 1. The van der Waals surface area contributed by atoms with Gasteiger partial charge in [0.25, 0.3) is 15.7 Å². The number of rotatable bonds is 7. The van der Waals surface area contributed by atoms with Crippen LogP contribution in [0.3, 0.4) is 0 Å². The van der Waals surface area contributed by atoms with E-state index in [2.05, 4.69) is 4.74 Å². The lowest BCUT2D eigenvalue weighted by Crippen LogP contribution is -2.52. The van der Waals surface area contributed by atoms with Gasteiger partial charge in [-0.05, 0) is 19.1 Å². The van der Waals surface area contributed by atoms with E-state index in [9.17, 15) is 23.3 Å². The van der Waals surface area contributed by atoms with Gasteiger partial charge < -0.3 is 10.5 Å². The summed E-state index contributed by atoms with van der Waals surface area (Å²) in [5.74, 6) is -2.25. The molecular formula is C12H17N5O6S. The van der Waals surface area contributed by atoms with Crippen LogP contribution in [0.2, 0.25) is 0 Å². The van der Waals surface area contributed by atoms with Gasteiger partial charge in [0.2, 0.25) is 5.96 Å². The van der Waals surface area contributed by atoms with Crippen LogP contribution in [0, 0.1) is 15.5 Å². The van der Waals surface area contributed by atoms with Crippen molar-refractivity contribution in [2.45, 2.75) is 11.8 Å². The molecule has 3 N–H and O–H groups in total. The summed E-state index contributed by atoms with van der Waals surface area (Å²) in [4.78, 5) is 21.2. The van der Waals surface area contributed by atoms with Gasteiger partial charge in [-0.25, -0.2) is 8.42 Å². The van der Waals surface area contributed by atoms with Crippen molar-refractivity contribution >= 4 is 27.6 Å². The largest absolute Gasteiger partial charge is 0.465 e. The average Bonchev–Trinajstić information content (AvgIpc) is 2.52. The maximum absolute atomic E-state index is 12.9. The Labute approximate surface area is 142 Å². The number of hydrogen-bond donors (Lipinski definition) is 2. The molecule has 0 radical (unpaired) electrons. The van der Waals surface area contributed by atoms with Gasteiger partial charge in [0.05, 0.1) is 16.4 Å². The van der Waals surface area contributed by atoms with Crippen molar-refractivity contribution in [1.82, 2.24) is 9.42 Å². The highest BCUT2D eigenvalue weighted by Crippen LogP contribution is 2.20. The van der Waals surface area contributed by atoms with Crippen LogP contribution in [0.25, 0.3) is 0 Å². The van der Waals surface area contributed by atoms with Gasteiger partial charge in [0.15, 0.2) is 0 Å². The first kappa shape index (κ1) is 14.8. The summed E-state index contributed by atoms with van der Waals surface area (Å²) in [6.45, 7) is -2.94. The molecule has 0 amide bonds. The molecule has 0 saturated heterocycles. The SMILES string of the molecule is [2H]C([2H])([2H])N(C(=N)N)N(CC(=O)OCC)S(=O)(=O)c1ccc([N+](=O)[O-])cc1. The molecule has 1 aromatic rings. The number of nitrogens with one attached hydrogen (secondary N) is 1. The number of hydrogen-bond acceptors (Lipinski definition) is 7. The zero-order chi connectivity index (χ0) is 21.0. The maximum atomic E-state index is 12.9. The van der Waals surface area contributed by atoms with E-state index in [1.54, 1.807) is 0 Å². The van der Waals surface area contributed by atoms with Gasteiger partial charge in [-0.15, -0.1) is 0 Å². The zero-order valence-corrected chi connectivity index (χ0v) is 13.3. The molecule has 0 heterocycles. The quantitative estimate of drug-likeness (QED) is 0.223. The molecular weight excluding hydrogens is 342 g/mol. The minimum atomic E-state index is -4.73. The Morgan fingerprint density at radius 2 is 2.04 bits per heavy atom. The number of ether oxygens (including phenoxy) is 1. The second-order valence-electron chi connectivity index (χ2n) is 4.24. The number of carbonyl (C=O) groups excluding carboxylic acids is 1. The van der Waals surface area contributed by atoms with Crippen LogP contribution >= 0.6 is 0 Å². The monoisotopic (exact) mass is 362 g/mol. The summed E-state index contributed by atoms with van der Waals surface area (Å²) in [5, 5.41) is 18.1. The third-order valence-corrected chi connectivity index (χ3v) is 4.36. The number of hydrazine groups is 1. The Morgan fingerprint density at radius 1 is 1.46 bits per heavy atom. The van der Waals surface area contributed by atoms with Crippen molar-refractivity contribution in [2.75, 3.05) is 20.1 Å². The molecule has 0 atom stereocenters. The van der Waals surface area contributed by atoms with E-state index in [0.29, 0.717) is 0 Å². The van der Waals surface area contributed by atoms with Gasteiger partial charge in [0, 0.05) is 23.2 Å². The minimum absolute atomic E-state index is 0.0549. The molecule has 12 heteroatoms. The highest BCUT2D eigenvalue weighted by atomic mass is 32.2. The summed E-state index contributed by atoms with van der Waals surface area (Å²) >= 11 is 0. The van der Waals surface area contributed by atoms with Gasteiger partial charge in [-0.3, -0.25) is 25.3 Å². The lowest BCUT2D eigenvalue weighted by molar-refractivity contribution is -0.384. The second kappa shape index (κ2) is 7.70. The molecule has 0 aliphatic heterocycles. The van der Waals surface area contributed by atoms with Crippen molar-refractivity contribution in [2.24, 2.45) is 5.73 Å². The fourth-order valence-corrected chi connectivity index (χ4v) is 2.86. The standard InChI is InChI=1S/C12H17N5O6S/c1-3-23-11(18)8-16(15(2)12(13)14)24(21,22)10-6-4-9(5-7-10)17(19)20/h4-7H,3,8H2,1-2H3,(H3,13,14)/i2D3. The minimum Gasteiger partial charge on any atom is -0.465 e. The average molecular weight is 362 g/mol. The lowest BCUT2D eigenvalue weighted by Gasteiger charge is -2.30. The molecule has 24 heavy (non-hydrogen) atoms. The molecule has 0 fully saturated rings. The highest BCUT2D eigenvalue weighted by molar-refractivity contribution is 7.89. The van der Waals surface area contributed by atoms with Crippen LogP contribution in [0.1, 0.15) is 11.0 Å². The topological polar surface area (TPSA) is 160 Å². The summed E-state index contributed by atoms with van der Waals surface area (Å²) in [6.07, 6.45) is 0. The fraction of sp³-hybridized carbons (Fsp3) is 0.333. The smallest absolute Gasteiger partial charge is 0.323 e. The summed E-state index contributed by atoms with van der Waals surface area (Å²) in [7, 11) is -4.73. The maximum Gasteiger partial charge on any atom is 0.323 e. The van der Waals surface area contributed by atoms with Crippen LogP contribution in [0.5, 0.6) is 0 Å². The first-order valence-electron chi connectivity index (χ1n) is 7.89. The van der Waals surface area contributed by atoms with Crippen molar-refractivity contribution < 1.29 is 27.0 Å². The predicted octanol–water partition coefficient (Wildman–Crippen LogP) is -0.111. The van der Waals surface area contributed by atoms with Gasteiger partial charge >= 0.3 is 5.97 Å². The number of nitrogens with zero attached hydrogens (tertiary/aromatic N) is 3. The first-order chi connectivity index (χ1) is 12.3. The molecule has 11 nitrogen and oxygen atoms in total. The molecule has 0 spiro atoms. The van der Waals surface area contributed by atoms with Crippen molar-refractivity contribution in [3.8, 4) is 0 Å². The molecule has 0 aliphatic carbocycles. The van der Waals surface area contributed by atoms with E-state index < -0.39 is 51.0 Å². The number of nitro groups is 1. The van der Waals surface area contributed by atoms with Gasteiger partial charge in [0.1, 0.15) is 6.54 Å². The van der Waals surface area contributed by atoms with Crippen molar-refractivity contribution in [3.05, 3.63) is 34.4 Å². The fourth-order valence-electron chi connectivity index (χ4n) is 1.56. The van der Waals surface area contributed by atoms with E-state index in [0.717, 1.165) is 24.3 Å². The third kappa shape index (κ3) is 4.39. The molecule has 0 aliphatic rings. The number of esters is 1. The zero-order valence-electron chi connectivity index (χ0n) is 15.5. The van der Waals surface area contributed by atoms with Crippen LogP contribution in [0.15, 0.2) is 29.2 Å². The number of non-ortho nitro benzene ring substituents is 1. The normalized spacial score (nSPS) is 13.5. The summed E-state index contributed by atoms with van der Waals surface area (Å²) in [5.41, 5.74) is 4.82. The number of benzene rings is 1. The van der Waals surface area contributed by atoms with E-state index in [1.165, 1.54) is 6.92 Å².